The summed E-state index contributed by atoms with van der Waals surface area (Å²) < 4.78 is 34.2. The molecule has 0 radical (unpaired) electrons. The lowest BCUT2D eigenvalue weighted by Crippen LogP contribution is -2.29. The minimum atomic E-state index is -2.35. The predicted octanol–water partition coefficient (Wildman–Crippen LogP) is 3.05. The molecule has 0 aromatic carbocycles. The van der Waals surface area contributed by atoms with E-state index in [1.807, 2.05) is 24.5 Å². The molecule has 0 atom stereocenters. The Balaban J connectivity index is 1.37. The van der Waals surface area contributed by atoms with Crippen molar-refractivity contribution in [2.24, 2.45) is 0 Å². The van der Waals surface area contributed by atoms with Gasteiger partial charge in [0.2, 0.25) is 11.8 Å². The Kier molecular flexibility index (Phi) is 3.72. The number of hydrogen-bond donors (Lipinski definition) is 2. The number of nitrogens with one attached hydrogen (secondary N) is 2. The molecule has 1 aliphatic rings. The summed E-state index contributed by atoms with van der Waals surface area (Å²) in [5, 5.41) is 8.29. The number of nitrogens with zero attached hydrogens (tertiary/aromatic N) is 5. The summed E-state index contributed by atoms with van der Waals surface area (Å²) in [5.41, 5.74) is 2.99. The molecule has 29 heavy (non-hydrogen) atoms. The zero-order chi connectivity index (χ0) is 22.3. The molecule has 0 amide bonds. The molecule has 0 spiro atoms. The second-order valence-electron chi connectivity index (χ2n) is 7.17. The molecule has 9 heteroatoms. The van der Waals surface area contributed by atoms with Gasteiger partial charge >= 0.3 is 0 Å². The number of H-pyrrole nitrogens is 1. The van der Waals surface area contributed by atoms with Crippen molar-refractivity contribution in [2.75, 3.05) is 19.5 Å². The Bertz CT molecular complexity index is 1250. The normalized spacial score (nSPS) is 21.6. The maximum atomic E-state index is 7.26. The highest BCUT2D eigenvalue weighted by molar-refractivity contribution is 5.97. The molecule has 0 bridgehead atoms. The number of methoxy groups -OCH3 is 2. The summed E-state index contributed by atoms with van der Waals surface area (Å²) >= 11 is 0. The second-order valence-corrected chi connectivity index (χ2v) is 7.17. The van der Waals surface area contributed by atoms with Crippen molar-refractivity contribution in [1.29, 1.82) is 0 Å². The summed E-state index contributed by atoms with van der Waals surface area (Å²) in [6, 6.07) is 3.86. The fourth-order valence-corrected chi connectivity index (χ4v) is 3.88. The van der Waals surface area contributed by atoms with Crippen LogP contribution in [-0.2, 0) is 4.74 Å². The number of aromatic nitrogens is 6. The van der Waals surface area contributed by atoms with E-state index in [0.717, 1.165) is 35.1 Å². The van der Waals surface area contributed by atoms with Gasteiger partial charge in [-0.2, -0.15) is 15.1 Å². The molecule has 2 N–H and O–H groups in total. The van der Waals surface area contributed by atoms with Crippen molar-refractivity contribution < 1.29 is 13.6 Å². The predicted molar refractivity (Wildman–Crippen MR) is 109 cm³/mol. The van der Waals surface area contributed by atoms with Crippen LogP contribution in [0.3, 0.4) is 0 Å². The quantitative estimate of drug-likeness (QED) is 0.534. The first-order chi connectivity index (χ1) is 15.4. The number of ether oxygens (including phenoxy) is 2. The third-order valence-corrected chi connectivity index (χ3v) is 5.40. The summed E-state index contributed by atoms with van der Waals surface area (Å²) in [4.78, 5) is 17.1. The fraction of sp³-hybridized carbons (Fsp3) is 0.400. The van der Waals surface area contributed by atoms with Gasteiger partial charge in [-0.05, 0) is 31.7 Å². The second kappa shape index (κ2) is 7.32. The van der Waals surface area contributed by atoms with E-state index in [1.54, 1.807) is 17.8 Å². The standard InChI is InChI=1S/C20H23N7O2/c1-28-13-5-3-12(4-6-13)23-20-25-18-17(19(26-20)29-2)14(11-21-18)15-8-10-27-16(24-15)7-9-22-27/h7-13H,3-6H2,1-2H3,(H2,21,23,25,26)/t12-,13+/i1D3. The number of hydrogen-bond acceptors (Lipinski definition) is 7. The Morgan fingerprint density at radius 3 is 2.93 bits per heavy atom. The van der Waals surface area contributed by atoms with E-state index < -0.39 is 7.04 Å². The van der Waals surface area contributed by atoms with E-state index in [4.69, 9.17) is 13.6 Å². The van der Waals surface area contributed by atoms with E-state index in [1.165, 1.54) is 0 Å². The van der Waals surface area contributed by atoms with Gasteiger partial charge in [-0.3, -0.25) is 0 Å². The van der Waals surface area contributed by atoms with Crippen LogP contribution in [-0.4, -0.2) is 55.8 Å². The van der Waals surface area contributed by atoms with Crippen LogP contribution < -0.4 is 10.1 Å². The van der Waals surface area contributed by atoms with E-state index in [9.17, 15) is 0 Å². The third kappa shape index (κ3) is 3.27. The van der Waals surface area contributed by atoms with Gasteiger partial charge in [-0.1, -0.05) is 0 Å². The zero-order valence-electron chi connectivity index (χ0n) is 18.9. The van der Waals surface area contributed by atoms with E-state index in [-0.39, 0.29) is 12.1 Å². The van der Waals surface area contributed by atoms with Gasteiger partial charge < -0.3 is 19.8 Å². The van der Waals surface area contributed by atoms with Gasteiger partial charge in [0.15, 0.2) is 5.65 Å². The molecule has 4 aromatic rings. The first-order valence-corrected chi connectivity index (χ1v) is 9.58. The summed E-state index contributed by atoms with van der Waals surface area (Å²) in [6.07, 6.45) is 8.04. The minimum absolute atomic E-state index is 0.133. The van der Waals surface area contributed by atoms with Crippen LogP contribution in [0.15, 0.2) is 30.7 Å². The van der Waals surface area contributed by atoms with Crippen LogP contribution in [0.2, 0.25) is 0 Å². The van der Waals surface area contributed by atoms with Gasteiger partial charge in [0, 0.05) is 37.1 Å². The van der Waals surface area contributed by atoms with Crippen molar-refractivity contribution in [1.82, 2.24) is 29.5 Å². The molecule has 0 aliphatic heterocycles. The highest BCUT2D eigenvalue weighted by Gasteiger charge is 2.23. The van der Waals surface area contributed by atoms with Crippen LogP contribution in [0.5, 0.6) is 5.88 Å². The molecule has 4 aromatic heterocycles. The van der Waals surface area contributed by atoms with Crippen LogP contribution in [0, 0.1) is 0 Å². The smallest absolute Gasteiger partial charge is 0.228 e. The van der Waals surface area contributed by atoms with Crippen molar-refractivity contribution in [3.05, 3.63) is 30.7 Å². The van der Waals surface area contributed by atoms with E-state index in [0.29, 0.717) is 30.3 Å². The largest absolute Gasteiger partial charge is 0.480 e. The molecule has 150 valence electrons. The Labute approximate surface area is 171 Å². The summed E-state index contributed by atoms with van der Waals surface area (Å²) in [7, 11) is -0.775. The molecule has 0 unspecified atom stereocenters. The van der Waals surface area contributed by atoms with Gasteiger partial charge in [0.1, 0.15) is 5.65 Å². The summed E-state index contributed by atoms with van der Waals surface area (Å²) in [5.74, 6) is 0.908. The number of aromatic amines is 1. The monoisotopic (exact) mass is 396 g/mol. The highest BCUT2D eigenvalue weighted by atomic mass is 16.5. The van der Waals surface area contributed by atoms with Crippen LogP contribution in [0.4, 0.5) is 5.95 Å². The molecule has 4 heterocycles. The van der Waals surface area contributed by atoms with Crippen molar-refractivity contribution in [3.8, 4) is 17.1 Å². The fourth-order valence-electron chi connectivity index (χ4n) is 3.88. The number of fused-ring (bicyclic) bond motifs is 2. The summed E-state index contributed by atoms with van der Waals surface area (Å²) in [6.45, 7) is 0. The molecule has 0 saturated heterocycles. The van der Waals surface area contributed by atoms with Crippen LogP contribution in [0.25, 0.3) is 27.9 Å². The molecular formula is C20H23N7O2. The molecular weight excluding hydrogens is 370 g/mol. The first kappa shape index (κ1) is 14.7. The van der Waals surface area contributed by atoms with Gasteiger partial charge in [0.05, 0.1) is 34.6 Å². The molecule has 1 fully saturated rings. The van der Waals surface area contributed by atoms with Crippen LogP contribution in [0.1, 0.15) is 29.8 Å². The number of anilines is 1. The Hall–Kier alpha value is -3.20. The molecule has 5 rings (SSSR count). The first-order valence-electron chi connectivity index (χ1n) is 11.1. The lowest BCUT2D eigenvalue weighted by Gasteiger charge is -2.28. The van der Waals surface area contributed by atoms with Crippen molar-refractivity contribution >= 4 is 22.6 Å². The van der Waals surface area contributed by atoms with Crippen molar-refractivity contribution in [3.63, 3.8) is 0 Å². The molecule has 9 nitrogen and oxygen atoms in total. The molecule has 1 aliphatic carbocycles. The van der Waals surface area contributed by atoms with E-state index in [2.05, 4.69) is 30.4 Å². The lowest BCUT2D eigenvalue weighted by atomic mass is 9.93. The minimum Gasteiger partial charge on any atom is -0.480 e. The van der Waals surface area contributed by atoms with Crippen LogP contribution >= 0.6 is 0 Å². The Morgan fingerprint density at radius 1 is 1.21 bits per heavy atom. The topological polar surface area (TPSA) is 102 Å². The van der Waals surface area contributed by atoms with Gasteiger partial charge in [-0.25, -0.2) is 9.50 Å². The maximum Gasteiger partial charge on any atom is 0.228 e. The third-order valence-electron chi connectivity index (χ3n) is 5.40. The molecule has 1 saturated carbocycles. The van der Waals surface area contributed by atoms with E-state index >= 15 is 0 Å². The van der Waals surface area contributed by atoms with Crippen molar-refractivity contribution in [2.45, 2.75) is 37.8 Å². The number of rotatable bonds is 5. The SMILES string of the molecule is [2H]C([2H])([2H])O[C@H]1CC[C@@H](Nc2nc(OC)c3c(-c4ccn5nccc5n4)c[nH]c3n2)CC1. The zero-order valence-corrected chi connectivity index (χ0v) is 15.9. The van der Waals surface area contributed by atoms with Gasteiger partial charge in [0.25, 0.3) is 0 Å². The maximum absolute atomic E-state index is 7.26. The average Bonchev–Trinajstić information content (AvgIpc) is 3.40. The highest BCUT2D eigenvalue weighted by Crippen LogP contribution is 2.34. The van der Waals surface area contributed by atoms with Gasteiger partial charge in [-0.15, -0.1) is 0 Å². The lowest BCUT2D eigenvalue weighted by molar-refractivity contribution is 0.0681. The Morgan fingerprint density at radius 2 is 2.10 bits per heavy atom. The average molecular weight is 396 g/mol.